The van der Waals surface area contributed by atoms with Crippen LogP contribution in [0.2, 0.25) is 0 Å². The highest BCUT2D eigenvalue weighted by molar-refractivity contribution is 6.05. The summed E-state index contributed by atoms with van der Waals surface area (Å²) in [5.74, 6) is 2.58. The number of ether oxygens (including phenoxy) is 2. The second kappa shape index (κ2) is 8.00. The van der Waals surface area contributed by atoms with Crippen molar-refractivity contribution in [1.29, 1.82) is 0 Å². The molecular weight excluding hydrogens is 398 g/mol. The van der Waals surface area contributed by atoms with Gasteiger partial charge in [0.1, 0.15) is 22.8 Å². The van der Waals surface area contributed by atoms with Gasteiger partial charge in [0.15, 0.2) is 0 Å². The second-order valence-electron chi connectivity index (χ2n) is 7.91. The number of nitrogens with zero attached hydrogens (tertiary/aromatic N) is 3. The van der Waals surface area contributed by atoms with Crippen molar-refractivity contribution in [2.45, 2.75) is 19.9 Å². The van der Waals surface area contributed by atoms with Crippen LogP contribution in [-0.2, 0) is 0 Å². The van der Waals surface area contributed by atoms with Gasteiger partial charge in [-0.05, 0) is 49.2 Å². The first-order valence-electron chi connectivity index (χ1n) is 10.7. The molecule has 0 unspecified atom stereocenters. The van der Waals surface area contributed by atoms with Gasteiger partial charge in [-0.25, -0.2) is 4.98 Å². The molecule has 0 aliphatic heterocycles. The number of aryl methyl sites for hydroxylation is 1. The van der Waals surface area contributed by atoms with Gasteiger partial charge >= 0.3 is 0 Å². The molecule has 0 N–H and O–H groups in total. The van der Waals surface area contributed by atoms with E-state index in [-0.39, 0.29) is 6.04 Å². The number of pyridine rings is 1. The van der Waals surface area contributed by atoms with Gasteiger partial charge in [0, 0.05) is 10.9 Å². The molecular formula is C27H25N3O2. The van der Waals surface area contributed by atoms with Crippen LogP contribution in [0, 0.1) is 6.92 Å². The molecule has 160 valence electrons. The Morgan fingerprint density at radius 2 is 1.62 bits per heavy atom. The van der Waals surface area contributed by atoms with Crippen LogP contribution < -0.4 is 9.47 Å². The Morgan fingerprint density at radius 1 is 0.875 bits per heavy atom. The van der Waals surface area contributed by atoms with E-state index in [2.05, 4.69) is 47.9 Å². The Morgan fingerprint density at radius 3 is 2.31 bits per heavy atom. The molecule has 5 rings (SSSR count). The number of aromatic nitrogens is 3. The van der Waals surface area contributed by atoms with Crippen LogP contribution >= 0.6 is 0 Å². The number of imidazole rings is 1. The normalized spacial score (nSPS) is 12.2. The van der Waals surface area contributed by atoms with E-state index in [4.69, 9.17) is 19.4 Å². The third-order valence-electron chi connectivity index (χ3n) is 6.08. The van der Waals surface area contributed by atoms with Crippen molar-refractivity contribution < 1.29 is 9.47 Å². The average molecular weight is 424 g/mol. The summed E-state index contributed by atoms with van der Waals surface area (Å²) in [5.41, 5.74) is 6.15. The molecule has 32 heavy (non-hydrogen) atoms. The van der Waals surface area contributed by atoms with Crippen LogP contribution in [0.3, 0.4) is 0 Å². The zero-order valence-corrected chi connectivity index (χ0v) is 18.7. The lowest BCUT2D eigenvalue weighted by Gasteiger charge is -2.18. The van der Waals surface area contributed by atoms with Gasteiger partial charge in [-0.2, -0.15) is 0 Å². The molecule has 2 heterocycles. The summed E-state index contributed by atoms with van der Waals surface area (Å²) >= 11 is 0. The molecule has 0 aliphatic rings. The predicted molar refractivity (Wildman–Crippen MR) is 129 cm³/mol. The largest absolute Gasteiger partial charge is 0.497 e. The fraction of sp³-hybridized carbons (Fsp3) is 0.185. The minimum absolute atomic E-state index is 0.138. The van der Waals surface area contributed by atoms with Crippen molar-refractivity contribution in [1.82, 2.24) is 14.5 Å². The van der Waals surface area contributed by atoms with Crippen molar-refractivity contribution >= 4 is 21.9 Å². The molecule has 5 nitrogen and oxygen atoms in total. The van der Waals surface area contributed by atoms with Gasteiger partial charge in [0.2, 0.25) is 0 Å². The fourth-order valence-electron chi connectivity index (χ4n) is 4.44. The van der Waals surface area contributed by atoms with E-state index in [0.717, 1.165) is 50.4 Å². The third-order valence-corrected chi connectivity index (χ3v) is 6.08. The average Bonchev–Trinajstić information content (AvgIpc) is 3.19. The summed E-state index contributed by atoms with van der Waals surface area (Å²) in [5, 5.41) is 1.03. The van der Waals surface area contributed by atoms with Crippen LogP contribution in [0.25, 0.3) is 33.1 Å². The van der Waals surface area contributed by atoms with Crippen molar-refractivity contribution in [2.24, 2.45) is 0 Å². The second-order valence-corrected chi connectivity index (χ2v) is 7.91. The molecule has 0 spiro atoms. The number of fused-ring (bicyclic) bond motifs is 3. The molecule has 0 radical (unpaired) electrons. The maximum Gasteiger partial charge on any atom is 0.127 e. The summed E-state index contributed by atoms with van der Waals surface area (Å²) in [6, 6.07) is 22.8. The van der Waals surface area contributed by atoms with Gasteiger partial charge in [-0.1, -0.05) is 42.5 Å². The number of rotatable bonds is 5. The van der Waals surface area contributed by atoms with E-state index in [1.54, 1.807) is 14.2 Å². The molecule has 1 atom stereocenters. The molecule has 0 bridgehead atoms. The quantitative estimate of drug-likeness (QED) is 0.338. The van der Waals surface area contributed by atoms with E-state index in [1.807, 2.05) is 43.5 Å². The van der Waals surface area contributed by atoms with Gasteiger partial charge in [-0.3, -0.25) is 4.98 Å². The summed E-state index contributed by atoms with van der Waals surface area (Å²) in [6.45, 7) is 4.26. The number of hydrogen-bond acceptors (Lipinski definition) is 4. The van der Waals surface area contributed by atoms with Crippen molar-refractivity contribution in [3.8, 4) is 22.6 Å². The highest BCUT2D eigenvalue weighted by Gasteiger charge is 2.19. The molecule has 2 aromatic heterocycles. The Balaban J connectivity index is 1.74. The van der Waals surface area contributed by atoms with Gasteiger partial charge < -0.3 is 14.0 Å². The van der Waals surface area contributed by atoms with E-state index in [9.17, 15) is 0 Å². The van der Waals surface area contributed by atoms with Crippen LogP contribution in [0.4, 0.5) is 0 Å². The van der Waals surface area contributed by atoms with Gasteiger partial charge in [0.05, 0.1) is 37.5 Å². The minimum Gasteiger partial charge on any atom is -0.497 e. The maximum atomic E-state index is 5.82. The van der Waals surface area contributed by atoms with Gasteiger partial charge in [0.25, 0.3) is 0 Å². The van der Waals surface area contributed by atoms with E-state index < -0.39 is 0 Å². The molecule has 0 amide bonds. The lowest BCUT2D eigenvalue weighted by atomic mass is 10.0. The zero-order chi connectivity index (χ0) is 22.2. The van der Waals surface area contributed by atoms with Crippen molar-refractivity contribution in [3.05, 3.63) is 84.3 Å². The monoisotopic (exact) mass is 423 g/mol. The first-order valence-corrected chi connectivity index (χ1v) is 10.7. The van der Waals surface area contributed by atoms with E-state index in [0.29, 0.717) is 0 Å². The van der Waals surface area contributed by atoms with Gasteiger partial charge in [-0.15, -0.1) is 0 Å². The van der Waals surface area contributed by atoms with Crippen LogP contribution in [0.1, 0.15) is 24.4 Å². The number of hydrogen-bond donors (Lipinski definition) is 0. The highest BCUT2D eigenvalue weighted by Crippen LogP contribution is 2.38. The predicted octanol–water partition coefficient (Wildman–Crippen LogP) is 6.19. The van der Waals surface area contributed by atoms with Crippen LogP contribution in [-0.4, -0.2) is 28.8 Å². The highest BCUT2D eigenvalue weighted by atomic mass is 16.5. The van der Waals surface area contributed by atoms with E-state index in [1.165, 1.54) is 5.56 Å². The number of benzene rings is 3. The summed E-state index contributed by atoms with van der Waals surface area (Å²) < 4.78 is 13.4. The summed E-state index contributed by atoms with van der Waals surface area (Å²) in [7, 11) is 3.37. The Hall–Kier alpha value is -3.86. The Labute approximate surface area is 187 Å². The Kier molecular flexibility index (Phi) is 5.02. The SMILES string of the molecule is COc1ccc(-c2cc3ncc4nc(C)n([C@@H](C)c5ccccc5)c4c3cc2OC)cc1. The van der Waals surface area contributed by atoms with Crippen LogP contribution in [0.5, 0.6) is 11.5 Å². The first-order chi connectivity index (χ1) is 15.6. The molecule has 0 fully saturated rings. The maximum absolute atomic E-state index is 5.82. The topological polar surface area (TPSA) is 49.2 Å². The summed E-state index contributed by atoms with van der Waals surface area (Å²) in [4.78, 5) is 9.55. The first kappa shape index (κ1) is 20.1. The lowest BCUT2D eigenvalue weighted by Crippen LogP contribution is -2.08. The molecule has 0 saturated heterocycles. The Bertz CT molecular complexity index is 1410. The van der Waals surface area contributed by atoms with Crippen molar-refractivity contribution in [3.63, 3.8) is 0 Å². The minimum atomic E-state index is 0.138. The number of methoxy groups -OCH3 is 2. The standard InChI is InChI=1S/C27H25N3O2/c1-17(19-8-6-5-7-9-19)30-18(2)29-25-16-28-24-14-22(20-10-12-21(31-3)13-11-20)26(32-4)15-23(24)27(25)30/h5-17H,1-4H3/t17-/m0/s1. The molecule has 5 heteroatoms. The van der Waals surface area contributed by atoms with E-state index >= 15 is 0 Å². The molecule has 3 aromatic carbocycles. The molecule has 0 aliphatic carbocycles. The molecule has 0 saturated carbocycles. The van der Waals surface area contributed by atoms with Crippen LogP contribution in [0.15, 0.2) is 72.9 Å². The fourth-order valence-corrected chi connectivity index (χ4v) is 4.44. The smallest absolute Gasteiger partial charge is 0.127 e. The lowest BCUT2D eigenvalue weighted by molar-refractivity contribution is 0.414. The molecule has 5 aromatic rings. The third kappa shape index (κ3) is 3.26. The summed E-state index contributed by atoms with van der Waals surface area (Å²) in [6.07, 6.45) is 1.86. The van der Waals surface area contributed by atoms with Crippen molar-refractivity contribution in [2.75, 3.05) is 14.2 Å². The zero-order valence-electron chi connectivity index (χ0n) is 18.7.